The molecule has 1 atom stereocenters. The van der Waals surface area contributed by atoms with E-state index in [4.69, 9.17) is 8.94 Å². The van der Waals surface area contributed by atoms with Crippen LogP contribution in [0.4, 0.5) is 0 Å². The van der Waals surface area contributed by atoms with Crippen molar-refractivity contribution in [3.8, 4) is 11.5 Å². The Hall–Kier alpha value is -3.27. The monoisotopic (exact) mass is 440 g/mol. The van der Waals surface area contributed by atoms with Gasteiger partial charge in [0.15, 0.2) is 5.82 Å². The molecule has 3 aromatic heterocycles. The Kier molecular flexibility index (Phi) is 6.79. The van der Waals surface area contributed by atoms with E-state index in [0.717, 1.165) is 37.6 Å². The fourth-order valence-corrected chi connectivity index (χ4v) is 3.91. The van der Waals surface area contributed by atoms with Gasteiger partial charge in [-0.25, -0.2) is 4.98 Å². The van der Waals surface area contributed by atoms with Crippen LogP contribution in [0.3, 0.4) is 0 Å². The van der Waals surface area contributed by atoms with Crippen LogP contribution in [0, 0.1) is 12.8 Å². The highest BCUT2D eigenvalue weighted by molar-refractivity contribution is 5.75. The molecule has 170 valence electrons. The maximum absolute atomic E-state index is 12.7. The Balaban J connectivity index is 1.36. The fourth-order valence-electron chi connectivity index (χ4n) is 3.91. The number of rotatable bonds is 8. The molecule has 0 aromatic carbocycles. The van der Waals surface area contributed by atoms with Crippen molar-refractivity contribution in [3.05, 3.63) is 52.9 Å². The average molecular weight is 441 g/mol. The van der Waals surface area contributed by atoms with E-state index < -0.39 is 0 Å². The van der Waals surface area contributed by atoms with Gasteiger partial charge in [0.25, 0.3) is 11.4 Å². The van der Waals surface area contributed by atoms with Crippen LogP contribution in [0.5, 0.6) is 0 Å². The molecule has 0 radical (unpaired) electrons. The second-order valence-corrected chi connectivity index (χ2v) is 8.26. The Morgan fingerprint density at radius 3 is 2.84 bits per heavy atom. The lowest BCUT2D eigenvalue weighted by Crippen LogP contribution is -2.42. The smallest absolute Gasteiger partial charge is 0.266 e. The molecule has 10 nitrogen and oxygen atoms in total. The van der Waals surface area contributed by atoms with E-state index in [1.807, 2.05) is 12.1 Å². The summed E-state index contributed by atoms with van der Waals surface area (Å²) in [5, 5.41) is 6.71. The molecule has 4 heterocycles. The highest BCUT2D eigenvalue weighted by Crippen LogP contribution is 2.26. The number of hydrogen-bond acceptors (Lipinski definition) is 8. The largest absolute Gasteiger partial charge is 0.468 e. The van der Waals surface area contributed by atoms with Gasteiger partial charge in [-0.15, -0.1) is 0 Å². The molecule has 1 unspecified atom stereocenters. The summed E-state index contributed by atoms with van der Waals surface area (Å²) in [6.45, 7) is 6.55. The summed E-state index contributed by atoms with van der Waals surface area (Å²) in [4.78, 5) is 35.8. The third-order valence-electron chi connectivity index (χ3n) is 5.86. The number of carbonyl (C=O) groups is 1. The topological polar surface area (TPSA) is 119 Å². The summed E-state index contributed by atoms with van der Waals surface area (Å²) in [6, 6.07) is 3.81. The van der Waals surface area contributed by atoms with Crippen LogP contribution in [-0.4, -0.2) is 50.1 Å². The molecule has 3 aromatic rings. The molecule has 32 heavy (non-hydrogen) atoms. The van der Waals surface area contributed by atoms with Gasteiger partial charge in [0, 0.05) is 25.7 Å². The lowest BCUT2D eigenvalue weighted by Gasteiger charge is -2.35. The van der Waals surface area contributed by atoms with Gasteiger partial charge in [-0.1, -0.05) is 12.1 Å². The van der Waals surface area contributed by atoms with Gasteiger partial charge < -0.3 is 14.3 Å². The number of likely N-dealkylation sites (tertiary alicyclic amines) is 1. The van der Waals surface area contributed by atoms with Gasteiger partial charge in [-0.3, -0.25) is 19.1 Å². The lowest BCUT2D eigenvalue weighted by atomic mass is 9.97. The molecule has 0 bridgehead atoms. The zero-order chi connectivity index (χ0) is 22.5. The summed E-state index contributed by atoms with van der Waals surface area (Å²) < 4.78 is 12.1. The van der Waals surface area contributed by atoms with Crippen LogP contribution in [0.25, 0.3) is 11.5 Å². The maximum atomic E-state index is 12.7. The Morgan fingerprint density at radius 1 is 1.34 bits per heavy atom. The quantitative estimate of drug-likeness (QED) is 0.566. The lowest BCUT2D eigenvalue weighted by molar-refractivity contribution is -0.121. The predicted octanol–water partition coefficient (Wildman–Crippen LogP) is 2.17. The molecule has 0 aliphatic carbocycles. The Labute approximate surface area is 185 Å². The third-order valence-corrected chi connectivity index (χ3v) is 5.86. The van der Waals surface area contributed by atoms with Crippen LogP contribution in [0.2, 0.25) is 0 Å². The van der Waals surface area contributed by atoms with Gasteiger partial charge in [-0.05, 0) is 50.9 Å². The average Bonchev–Trinajstić information content (AvgIpc) is 3.46. The zero-order valence-corrected chi connectivity index (χ0v) is 18.4. The van der Waals surface area contributed by atoms with Crippen molar-refractivity contribution in [1.82, 2.24) is 29.9 Å². The summed E-state index contributed by atoms with van der Waals surface area (Å²) in [6.07, 6.45) is 6.87. The standard InChI is InChI=1S/C22H28N6O4/c1-15-5-8-27(9-6-15)18(19-4-3-11-31-19)13-24-20(29)7-10-28-14-23-12-17(22(28)30)21-25-16(2)26-32-21/h3-4,11-12,14-15,18H,5-10,13H2,1-2H3,(H,24,29). The second-order valence-electron chi connectivity index (χ2n) is 8.26. The van der Waals surface area contributed by atoms with E-state index in [1.165, 1.54) is 17.1 Å². The summed E-state index contributed by atoms with van der Waals surface area (Å²) >= 11 is 0. The number of carbonyl (C=O) groups excluding carboxylic acids is 1. The van der Waals surface area contributed by atoms with Crippen molar-refractivity contribution in [2.45, 2.75) is 45.7 Å². The molecule has 1 fully saturated rings. The van der Waals surface area contributed by atoms with E-state index in [9.17, 15) is 9.59 Å². The minimum atomic E-state index is -0.327. The van der Waals surface area contributed by atoms with Crippen LogP contribution in [0.1, 0.15) is 43.8 Å². The van der Waals surface area contributed by atoms with Crippen molar-refractivity contribution < 1.29 is 13.7 Å². The minimum absolute atomic E-state index is 0.00469. The van der Waals surface area contributed by atoms with Crippen LogP contribution >= 0.6 is 0 Å². The van der Waals surface area contributed by atoms with Gasteiger partial charge in [-0.2, -0.15) is 4.98 Å². The predicted molar refractivity (Wildman–Crippen MR) is 116 cm³/mol. The number of nitrogens with zero attached hydrogens (tertiary/aromatic N) is 5. The molecule has 1 aliphatic heterocycles. The molecular formula is C22H28N6O4. The number of furan rings is 1. The third kappa shape index (κ3) is 5.13. The van der Waals surface area contributed by atoms with Gasteiger partial charge >= 0.3 is 0 Å². The zero-order valence-electron chi connectivity index (χ0n) is 18.4. The number of aromatic nitrogens is 4. The van der Waals surface area contributed by atoms with E-state index in [1.54, 1.807) is 13.2 Å². The highest BCUT2D eigenvalue weighted by atomic mass is 16.5. The van der Waals surface area contributed by atoms with E-state index in [0.29, 0.717) is 12.4 Å². The number of aryl methyl sites for hydroxylation is 2. The van der Waals surface area contributed by atoms with Gasteiger partial charge in [0.2, 0.25) is 5.91 Å². The normalized spacial score (nSPS) is 16.2. The van der Waals surface area contributed by atoms with Crippen LogP contribution in [-0.2, 0) is 11.3 Å². The molecule has 10 heteroatoms. The molecule has 1 saturated heterocycles. The van der Waals surface area contributed by atoms with Crippen molar-refractivity contribution in [2.24, 2.45) is 5.92 Å². The van der Waals surface area contributed by atoms with Crippen molar-refractivity contribution >= 4 is 5.91 Å². The second kappa shape index (κ2) is 9.90. The number of amides is 1. The molecule has 1 N–H and O–H groups in total. The summed E-state index contributed by atoms with van der Waals surface area (Å²) in [5.74, 6) is 1.98. The summed E-state index contributed by atoms with van der Waals surface area (Å²) in [7, 11) is 0. The number of hydrogen-bond donors (Lipinski definition) is 1. The highest BCUT2D eigenvalue weighted by Gasteiger charge is 2.26. The molecular weight excluding hydrogens is 412 g/mol. The molecule has 4 rings (SSSR count). The fraction of sp³-hybridized carbons (Fsp3) is 0.500. The SMILES string of the molecule is Cc1noc(-c2cncn(CCC(=O)NCC(c3ccco3)N3CCC(C)CC3)c2=O)n1. The Bertz CT molecular complexity index is 1080. The first-order valence-corrected chi connectivity index (χ1v) is 10.9. The van der Waals surface area contributed by atoms with Crippen LogP contribution in [0.15, 0.2) is 44.7 Å². The number of piperidine rings is 1. The van der Waals surface area contributed by atoms with E-state index in [2.05, 4.69) is 32.3 Å². The van der Waals surface area contributed by atoms with E-state index >= 15 is 0 Å². The molecule has 0 saturated carbocycles. The first-order valence-electron chi connectivity index (χ1n) is 10.9. The Morgan fingerprint density at radius 2 is 2.16 bits per heavy atom. The minimum Gasteiger partial charge on any atom is -0.468 e. The first-order chi connectivity index (χ1) is 15.5. The van der Waals surface area contributed by atoms with Gasteiger partial charge in [0.1, 0.15) is 11.3 Å². The van der Waals surface area contributed by atoms with E-state index in [-0.39, 0.29) is 41.9 Å². The maximum Gasteiger partial charge on any atom is 0.266 e. The summed E-state index contributed by atoms with van der Waals surface area (Å²) in [5.41, 5.74) is -0.113. The molecule has 1 aliphatic rings. The van der Waals surface area contributed by atoms with Gasteiger partial charge in [0.05, 0.1) is 18.6 Å². The first kappa shape index (κ1) is 21.9. The number of nitrogens with one attached hydrogen (secondary N) is 1. The van der Waals surface area contributed by atoms with Crippen molar-refractivity contribution in [2.75, 3.05) is 19.6 Å². The molecule has 1 amide bonds. The van der Waals surface area contributed by atoms with Crippen molar-refractivity contribution in [1.29, 1.82) is 0 Å². The molecule has 0 spiro atoms. The van der Waals surface area contributed by atoms with Crippen molar-refractivity contribution in [3.63, 3.8) is 0 Å². The van der Waals surface area contributed by atoms with Crippen LogP contribution < -0.4 is 10.9 Å².